The van der Waals surface area contributed by atoms with Gasteiger partial charge in [-0.15, -0.1) is 0 Å². The summed E-state index contributed by atoms with van der Waals surface area (Å²) in [5, 5.41) is 0. The molecule has 0 radical (unpaired) electrons. The summed E-state index contributed by atoms with van der Waals surface area (Å²) >= 11 is 0. The molecule has 0 saturated carbocycles. The SMILES string of the molecule is CCCCCOC1CC=CC1=O. The predicted molar refractivity (Wildman–Crippen MR) is 48.0 cm³/mol. The maximum atomic E-state index is 11.0. The normalized spacial score (nSPS) is 22.1. The lowest BCUT2D eigenvalue weighted by Crippen LogP contribution is -2.18. The van der Waals surface area contributed by atoms with Crippen molar-refractivity contribution in [3.05, 3.63) is 12.2 Å². The fraction of sp³-hybridized carbons (Fsp3) is 0.700. The fourth-order valence-corrected chi connectivity index (χ4v) is 1.26. The minimum Gasteiger partial charge on any atom is -0.370 e. The van der Waals surface area contributed by atoms with E-state index in [1.807, 2.05) is 6.08 Å². The summed E-state index contributed by atoms with van der Waals surface area (Å²) in [6.45, 7) is 2.88. The van der Waals surface area contributed by atoms with E-state index in [2.05, 4.69) is 6.92 Å². The number of rotatable bonds is 5. The van der Waals surface area contributed by atoms with E-state index in [1.54, 1.807) is 6.08 Å². The highest BCUT2D eigenvalue weighted by molar-refractivity contribution is 5.95. The van der Waals surface area contributed by atoms with Crippen molar-refractivity contribution >= 4 is 5.78 Å². The number of carbonyl (C=O) groups is 1. The Hall–Kier alpha value is -0.630. The first-order chi connectivity index (χ1) is 5.84. The average Bonchev–Trinajstić information content (AvgIpc) is 2.46. The molecule has 1 unspecified atom stereocenters. The monoisotopic (exact) mass is 168 g/mol. The standard InChI is InChI=1S/C10H16O2/c1-2-3-4-8-12-10-7-5-6-9(10)11/h5-6,10H,2-4,7-8H2,1H3. The molecule has 1 rings (SSSR count). The third-order valence-electron chi connectivity index (χ3n) is 2.02. The molecule has 2 nitrogen and oxygen atoms in total. The summed E-state index contributed by atoms with van der Waals surface area (Å²) in [5.74, 6) is 0.131. The Balaban J connectivity index is 2.04. The van der Waals surface area contributed by atoms with Crippen LogP contribution in [-0.4, -0.2) is 18.5 Å². The van der Waals surface area contributed by atoms with Gasteiger partial charge in [-0.2, -0.15) is 0 Å². The van der Waals surface area contributed by atoms with Gasteiger partial charge in [0.1, 0.15) is 6.10 Å². The highest BCUT2D eigenvalue weighted by Crippen LogP contribution is 2.10. The van der Waals surface area contributed by atoms with Crippen LogP contribution in [0.25, 0.3) is 0 Å². The number of hydrogen-bond acceptors (Lipinski definition) is 2. The lowest BCUT2D eigenvalue weighted by atomic mass is 10.2. The zero-order valence-corrected chi connectivity index (χ0v) is 7.58. The quantitative estimate of drug-likeness (QED) is 0.587. The van der Waals surface area contributed by atoms with Crippen molar-refractivity contribution < 1.29 is 9.53 Å². The number of ether oxygens (including phenoxy) is 1. The Morgan fingerprint density at radius 2 is 2.42 bits per heavy atom. The smallest absolute Gasteiger partial charge is 0.184 e. The minimum atomic E-state index is -0.165. The van der Waals surface area contributed by atoms with Crippen molar-refractivity contribution in [3.8, 4) is 0 Å². The van der Waals surface area contributed by atoms with Crippen LogP contribution in [0, 0.1) is 0 Å². The van der Waals surface area contributed by atoms with E-state index < -0.39 is 0 Å². The first kappa shape index (κ1) is 9.46. The van der Waals surface area contributed by atoms with E-state index in [0.29, 0.717) is 0 Å². The molecule has 0 bridgehead atoms. The second kappa shape index (κ2) is 5.09. The van der Waals surface area contributed by atoms with E-state index >= 15 is 0 Å². The molecule has 0 heterocycles. The van der Waals surface area contributed by atoms with Gasteiger partial charge >= 0.3 is 0 Å². The van der Waals surface area contributed by atoms with Gasteiger partial charge in [-0.3, -0.25) is 4.79 Å². The third kappa shape index (κ3) is 2.78. The Morgan fingerprint density at radius 1 is 1.58 bits per heavy atom. The molecule has 68 valence electrons. The van der Waals surface area contributed by atoms with Gasteiger partial charge in [-0.1, -0.05) is 25.8 Å². The summed E-state index contributed by atoms with van der Waals surface area (Å²) in [4.78, 5) is 11.0. The maximum absolute atomic E-state index is 11.0. The van der Waals surface area contributed by atoms with Gasteiger partial charge in [0, 0.05) is 6.61 Å². The largest absolute Gasteiger partial charge is 0.370 e. The van der Waals surface area contributed by atoms with Crippen LogP contribution >= 0.6 is 0 Å². The average molecular weight is 168 g/mol. The van der Waals surface area contributed by atoms with Crippen LogP contribution < -0.4 is 0 Å². The van der Waals surface area contributed by atoms with Crippen molar-refractivity contribution in [2.75, 3.05) is 6.61 Å². The molecule has 0 spiro atoms. The molecule has 0 saturated heterocycles. The molecule has 1 atom stereocenters. The molecule has 2 heteroatoms. The Bertz CT molecular complexity index is 173. The molecule has 0 N–H and O–H groups in total. The zero-order valence-electron chi connectivity index (χ0n) is 7.58. The summed E-state index contributed by atoms with van der Waals surface area (Å²) in [5.41, 5.74) is 0. The molecule has 0 aromatic rings. The number of unbranched alkanes of at least 4 members (excludes halogenated alkanes) is 2. The van der Waals surface area contributed by atoms with Crippen LogP contribution in [0.5, 0.6) is 0 Å². The maximum Gasteiger partial charge on any atom is 0.184 e. The van der Waals surface area contributed by atoms with Crippen molar-refractivity contribution in [1.29, 1.82) is 0 Å². The van der Waals surface area contributed by atoms with Crippen LogP contribution in [0.1, 0.15) is 32.6 Å². The van der Waals surface area contributed by atoms with Gasteiger partial charge in [0.15, 0.2) is 5.78 Å². The van der Waals surface area contributed by atoms with E-state index in [4.69, 9.17) is 4.74 Å². The van der Waals surface area contributed by atoms with Gasteiger partial charge in [-0.05, 0) is 18.9 Å². The lowest BCUT2D eigenvalue weighted by molar-refractivity contribution is -0.124. The topological polar surface area (TPSA) is 26.3 Å². The third-order valence-corrected chi connectivity index (χ3v) is 2.02. The van der Waals surface area contributed by atoms with Crippen molar-refractivity contribution in [2.24, 2.45) is 0 Å². The Kier molecular flexibility index (Phi) is 4.01. The first-order valence-electron chi connectivity index (χ1n) is 4.66. The molecule has 0 amide bonds. The molecule has 0 fully saturated rings. The molecule has 1 aliphatic carbocycles. The highest BCUT2D eigenvalue weighted by atomic mass is 16.5. The molecule has 0 aliphatic heterocycles. The van der Waals surface area contributed by atoms with Gasteiger partial charge in [0.2, 0.25) is 0 Å². The molecule has 1 aliphatic rings. The highest BCUT2D eigenvalue weighted by Gasteiger charge is 2.19. The minimum absolute atomic E-state index is 0.131. The Morgan fingerprint density at radius 3 is 3.00 bits per heavy atom. The number of hydrogen-bond donors (Lipinski definition) is 0. The lowest BCUT2D eigenvalue weighted by Gasteiger charge is -2.08. The summed E-state index contributed by atoms with van der Waals surface area (Å²) in [6, 6.07) is 0. The summed E-state index contributed by atoms with van der Waals surface area (Å²) < 4.78 is 5.41. The molecular formula is C10H16O2. The van der Waals surface area contributed by atoms with Crippen LogP contribution in [-0.2, 0) is 9.53 Å². The van der Waals surface area contributed by atoms with E-state index in [1.165, 1.54) is 12.8 Å². The van der Waals surface area contributed by atoms with Crippen molar-refractivity contribution in [2.45, 2.75) is 38.7 Å². The van der Waals surface area contributed by atoms with E-state index in [0.717, 1.165) is 19.4 Å². The van der Waals surface area contributed by atoms with Gasteiger partial charge in [0.25, 0.3) is 0 Å². The van der Waals surface area contributed by atoms with Crippen LogP contribution in [0.15, 0.2) is 12.2 Å². The van der Waals surface area contributed by atoms with Gasteiger partial charge < -0.3 is 4.74 Å². The number of carbonyl (C=O) groups excluding carboxylic acids is 1. The molecular weight excluding hydrogens is 152 g/mol. The Labute approximate surface area is 73.6 Å². The fourth-order valence-electron chi connectivity index (χ4n) is 1.26. The van der Waals surface area contributed by atoms with E-state index in [-0.39, 0.29) is 11.9 Å². The van der Waals surface area contributed by atoms with E-state index in [9.17, 15) is 4.79 Å². The van der Waals surface area contributed by atoms with Crippen LogP contribution in [0.4, 0.5) is 0 Å². The van der Waals surface area contributed by atoms with Crippen LogP contribution in [0.2, 0.25) is 0 Å². The summed E-state index contributed by atoms with van der Waals surface area (Å²) in [6.07, 6.45) is 7.55. The van der Waals surface area contributed by atoms with Crippen molar-refractivity contribution in [3.63, 3.8) is 0 Å². The predicted octanol–water partition coefficient (Wildman–Crippen LogP) is 2.09. The molecule has 0 aromatic heterocycles. The van der Waals surface area contributed by atoms with Crippen LogP contribution in [0.3, 0.4) is 0 Å². The first-order valence-corrected chi connectivity index (χ1v) is 4.66. The second-order valence-corrected chi connectivity index (χ2v) is 3.11. The second-order valence-electron chi connectivity index (χ2n) is 3.11. The van der Waals surface area contributed by atoms with Crippen molar-refractivity contribution in [1.82, 2.24) is 0 Å². The van der Waals surface area contributed by atoms with Gasteiger partial charge in [0.05, 0.1) is 0 Å². The summed E-state index contributed by atoms with van der Waals surface area (Å²) in [7, 11) is 0. The van der Waals surface area contributed by atoms with Gasteiger partial charge in [-0.25, -0.2) is 0 Å². The number of ketones is 1. The molecule has 12 heavy (non-hydrogen) atoms. The molecule has 0 aromatic carbocycles. The zero-order chi connectivity index (χ0) is 8.81.